The summed E-state index contributed by atoms with van der Waals surface area (Å²) in [5, 5.41) is 2.25. The van der Waals surface area contributed by atoms with E-state index in [1.54, 1.807) is 35.7 Å². The summed E-state index contributed by atoms with van der Waals surface area (Å²) < 4.78 is 23.8. The fourth-order valence-corrected chi connectivity index (χ4v) is 2.86. The molecule has 0 fully saturated rings. The molecule has 2 aromatic carbocycles. The van der Waals surface area contributed by atoms with Crippen LogP contribution in [0.1, 0.15) is 15.9 Å². The molecule has 2 N–H and O–H groups in total. The maximum Gasteiger partial charge on any atom is 0.341 e. The Morgan fingerprint density at radius 1 is 1.28 bits per heavy atom. The van der Waals surface area contributed by atoms with Gasteiger partial charge in [0.1, 0.15) is 23.7 Å². The minimum absolute atomic E-state index is 0.130. The normalized spacial score (nSPS) is 10.5. The highest BCUT2D eigenvalue weighted by molar-refractivity contribution is 7.13. The van der Waals surface area contributed by atoms with Gasteiger partial charge in [-0.3, -0.25) is 0 Å². The van der Waals surface area contributed by atoms with Crippen LogP contribution in [0.2, 0.25) is 0 Å². The van der Waals surface area contributed by atoms with Crippen LogP contribution in [-0.4, -0.2) is 18.1 Å². The van der Waals surface area contributed by atoms with Gasteiger partial charge in [0.2, 0.25) is 0 Å². The minimum Gasteiger partial charge on any atom is -0.488 e. The number of thiazole rings is 1. The number of rotatable bonds is 5. The lowest BCUT2D eigenvalue weighted by molar-refractivity contribution is 0.0595. The average molecular weight is 358 g/mol. The molecular formula is C18H15FN2O3S. The number of anilines is 1. The van der Waals surface area contributed by atoms with Crippen molar-refractivity contribution >= 4 is 22.4 Å². The van der Waals surface area contributed by atoms with E-state index in [4.69, 9.17) is 15.2 Å². The largest absolute Gasteiger partial charge is 0.488 e. The van der Waals surface area contributed by atoms with Crippen molar-refractivity contribution in [1.29, 1.82) is 0 Å². The summed E-state index contributed by atoms with van der Waals surface area (Å²) in [4.78, 5) is 16.3. The molecule has 0 aliphatic heterocycles. The molecule has 0 saturated heterocycles. The van der Waals surface area contributed by atoms with Crippen LogP contribution in [0.5, 0.6) is 5.75 Å². The number of hydrogen-bond donors (Lipinski definition) is 1. The van der Waals surface area contributed by atoms with E-state index in [0.29, 0.717) is 22.1 Å². The second-order valence-electron chi connectivity index (χ2n) is 5.19. The molecule has 128 valence electrons. The van der Waals surface area contributed by atoms with E-state index in [9.17, 15) is 9.18 Å². The Morgan fingerprint density at radius 2 is 2.12 bits per heavy atom. The smallest absolute Gasteiger partial charge is 0.341 e. The molecule has 3 rings (SSSR count). The zero-order valence-corrected chi connectivity index (χ0v) is 14.2. The third-order valence-corrected chi connectivity index (χ3v) is 4.16. The quantitative estimate of drug-likeness (QED) is 0.700. The molecule has 0 bridgehead atoms. The van der Waals surface area contributed by atoms with Crippen LogP contribution >= 0.6 is 11.3 Å². The zero-order chi connectivity index (χ0) is 17.8. The van der Waals surface area contributed by atoms with Gasteiger partial charge < -0.3 is 15.2 Å². The maximum atomic E-state index is 13.3. The van der Waals surface area contributed by atoms with Crippen LogP contribution in [0, 0.1) is 5.82 Å². The van der Waals surface area contributed by atoms with Gasteiger partial charge in [0.25, 0.3) is 0 Å². The lowest BCUT2D eigenvalue weighted by atomic mass is 10.1. The van der Waals surface area contributed by atoms with Gasteiger partial charge in [-0.1, -0.05) is 12.1 Å². The van der Waals surface area contributed by atoms with E-state index in [-0.39, 0.29) is 18.0 Å². The summed E-state index contributed by atoms with van der Waals surface area (Å²) in [6.07, 6.45) is 0. The third-order valence-electron chi connectivity index (χ3n) is 3.49. The highest BCUT2D eigenvalue weighted by atomic mass is 32.1. The molecule has 7 heteroatoms. The molecule has 1 aromatic heterocycles. The van der Waals surface area contributed by atoms with Gasteiger partial charge in [-0.2, -0.15) is 0 Å². The molecular weight excluding hydrogens is 343 g/mol. The Balaban J connectivity index is 1.88. The fourth-order valence-electron chi connectivity index (χ4n) is 2.29. The number of halogens is 1. The summed E-state index contributed by atoms with van der Waals surface area (Å²) in [6.45, 7) is 0.130. The van der Waals surface area contributed by atoms with Crippen molar-refractivity contribution in [2.45, 2.75) is 6.61 Å². The average Bonchev–Trinajstić information content (AvgIpc) is 3.05. The van der Waals surface area contributed by atoms with E-state index in [1.165, 1.54) is 30.6 Å². The van der Waals surface area contributed by atoms with Gasteiger partial charge in [-0.15, -0.1) is 11.3 Å². The number of carbonyl (C=O) groups is 1. The van der Waals surface area contributed by atoms with Gasteiger partial charge in [0.15, 0.2) is 5.13 Å². The van der Waals surface area contributed by atoms with Crippen molar-refractivity contribution in [2.24, 2.45) is 0 Å². The Labute approximate surface area is 147 Å². The van der Waals surface area contributed by atoms with E-state index in [2.05, 4.69) is 4.98 Å². The molecule has 0 amide bonds. The molecule has 0 aliphatic carbocycles. The van der Waals surface area contributed by atoms with Crippen LogP contribution in [0.25, 0.3) is 11.3 Å². The Kier molecular flexibility index (Phi) is 4.95. The second kappa shape index (κ2) is 7.31. The van der Waals surface area contributed by atoms with Gasteiger partial charge in [0, 0.05) is 10.9 Å². The number of aromatic nitrogens is 1. The number of benzene rings is 2. The van der Waals surface area contributed by atoms with Crippen LogP contribution in [0.15, 0.2) is 47.8 Å². The van der Waals surface area contributed by atoms with Crippen molar-refractivity contribution in [2.75, 3.05) is 12.8 Å². The number of methoxy groups -OCH3 is 1. The van der Waals surface area contributed by atoms with Crippen molar-refractivity contribution in [3.63, 3.8) is 0 Å². The predicted octanol–water partition coefficient (Wildman–Crippen LogP) is 3.90. The first-order chi connectivity index (χ1) is 12.1. The monoisotopic (exact) mass is 358 g/mol. The predicted molar refractivity (Wildman–Crippen MR) is 94.0 cm³/mol. The molecule has 5 nitrogen and oxygen atoms in total. The zero-order valence-electron chi connectivity index (χ0n) is 13.4. The van der Waals surface area contributed by atoms with E-state index in [0.717, 1.165) is 5.56 Å². The summed E-state index contributed by atoms with van der Waals surface area (Å²) >= 11 is 1.32. The molecule has 0 radical (unpaired) electrons. The highest BCUT2D eigenvalue weighted by Crippen LogP contribution is 2.29. The van der Waals surface area contributed by atoms with Crippen molar-refractivity contribution in [3.05, 3.63) is 64.8 Å². The Bertz CT molecular complexity index is 911. The Morgan fingerprint density at radius 3 is 2.80 bits per heavy atom. The van der Waals surface area contributed by atoms with Gasteiger partial charge in [-0.05, 0) is 35.9 Å². The van der Waals surface area contributed by atoms with E-state index in [1.807, 2.05) is 0 Å². The highest BCUT2D eigenvalue weighted by Gasteiger charge is 2.16. The minimum atomic E-state index is -0.528. The lowest BCUT2D eigenvalue weighted by Crippen LogP contribution is -2.06. The standard InChI is InChI=1S/C18H15FN2O3S/c1-23-17(22)14-8-12(15-10-25-18(20)21-15)5-6-16(14)24-9-11-3-2-4-13(19)7-11/h2-8,10H,9H2,1H3,(H2,20,21). The molecule has 0 saturated carbocycles. The number of nitrogens with zero attached hydrogens (tertiary/aromatic N) is 1. The molecule has 1 heterocycles. The molecule has 0 aliphatic rings. The molecule has 25 heavy (non-hydrogen) atoms. The first-order valence-corrected chi connectivity index (χ1v) is 8.26. The summed E-state index contributed by atoms with van der Waals surface area (Å²) in [6, 6.07) is 11.2. The molecule has 0 unspecified atom stereocenters. The lowest BCUT2D eigenvalue weighted by Gasteiger charge is -2.12. The molecule has 0 atom stereocenters. The molecule has 0 spiro atoms. The SMILES string of the molecule is COC(=O)c1cc(-c2csc(N)n2)ccc1OCc1cccc(F)c1. The van der Waals surface area contributed by atoms with Crippen LogP contribution < -0.4 is 10.5 Å². The number of nitrogen functional groups attached to an aromatic ring is 1. The summed E-state index contributed by atoms with van der Waals surface area (Å²) in [7, 11) is 1.30. The molecule has 3 aromatic rings. The first kappa shape index (κ1) is 16.9. The van der Waals surface area contributed by atoms with Crippen LogP contribution in [0.4, 0.5) is 9.52 Å². The van der Waals surface area contributed by atoms with E-state index < -0.39 is 5.97 Å². The summed E-state index contributed by atoms with van der Waals surface area (Å²) in [5.74, 6) is -0.520. The topological polar surface area (TPSA) is 74.4 Å². The second-order valence-corrected chi connectivity index (χ2v) is 6.08. The Hall–Kier alpha value is -2.93. The number of nitrogens with two attached hydrogens (primary N) is 1. The van der Waals surface area contributed by atoms with Crippen molar-refractivity contribution in [1.82, 2.24) is 4.98 Å². The van der Waals surface area contributed by atoms with Gasteiger partial charge in [-0.25, -0.2) is 14.2 Å². The van der Waals surface area contributed by atoms with Crippen molar-refractivity contribution < 1.29 is 18.7 Å². The third kappa shape index (κ3) is 3.95. The maximum absolute atomic E-state index is 13.3. The van der Waals surface area contributed by atoms with E-state index >= 15 is 0 Å². The number of esters is 1. The van der Waals surface area contributed by atoms with Crippen LogP contribution in [0.3, 0.4) is 0 Å². The number of hydrogen-bond acceptors (Lipinski definition) is 6. The fraction of sp³-hybridized carbons (Fsp3) is 0.111. The number of ether oxygens (including phenoxy) is 2. The van der Waals surface area contributed by atoms with Gasteiger partial charge in [0.05, 0.1) is 12.8 Å². The summed E-state index contributed by atoms with van der Waals surface area (Å²) in [5.41, 5.74) is 7.98. The van der Waals surface area contributed by atoms with Crippen LogP contribution in [-0.2, 0) is 11.3 Å². The first-order valence-electron chi connectivity index (χ1n) is 7.38. The van der Waals surface area contributed by atoms with Gasteiger partial charge >= 0.3 is 5.97 Å². The van der Waals surface area contributed by atoms with Crippen molar-refractivity contribution in [3.8, 4) is 17.0 Å². The number of carbonyl (C=O) groups excluding carboxylic acids is 1.